The second-order valence-corrected chi connectivity index (χ2v) is 5.15. The van der Waals surface area contributed by atoms with E-state index in [0.717, 1.165) is 0 Å². The lowest BCUT2D eigenvalue weighted by Crippen LogP contribution is -2.20. The molecule has 2 aromatic rings. The molecular weight excluding hydrogens is 313 g/mol. The summed E-state index contributed by atoms with van der Waals surface area (Å²) in [5, 5.41) is 3.00. The predicted octanol–water partition coefficient (Wildman–Crippen LogP) is 3.01. The van der Waals surface area contributed by atoms with E-state index in [0.29, 0.717) is 17.9 Å². The third-order valence-corrected chi connectivity index (χ3v) is 3.68. The van der Waals surface area contributed by atoms with Crippen LogP contribution in [0.5, 0.6) is 0 Å². The number of nitrogen functional groups attached to an aromatic ring is 1. The Balaban J connectivity index is 2.32. The van der Waals surface area contributed by atoms with Gasteiger partial charge in [0, 0.05) is 24.5 Å². The van der Waals surface area contributed by atoms with E-state index >= 15 is 0 Å². The summed E-state index contributed by atoms with van der Waals surface area (Å²) < 4.78 is 1.48. The quantitative estimate of drug-likeness (QED) is 0.851. The molecule has 7 heteroatoms. The Labute approximate surface area is 131 Å². The molecule has 1 heterocycles. The standard InChI is InChI=1S/C14H13Cl2N3O2/c1-2-19-7-9(3-4-12(19)20)18-14(21)10-5-8(17)6-11(15)13(10)16/h3-7H,2,17H2,1H3,(H,18,21). The first-order chi connectivity index (χ1) is 9.92. The molecule has 0 fully saturated rings. The molecule has 1 amide bonds. The number of nitrogens with zero attached hydrogens (tertiary/aromatic N) is 1. The molecule has 0 aliphatic heterocycles. The van der Waals surface area contributed by atoms with Crippen LogP contribution >= 0.6 is 23.2 Å². The molecule has 110 valence electrons. The molecule has 0 aliphatic rings. The van der Waals surface area contributed by atoms with E-state index in [1.165, 1.54) is 28.8 Å². The molecule has 0 atom stereocenters. The van der Waals surface area contributed by atoms with Crippen LogP contribution in [0.1, 0.15) is 17.3 Å². The highest BCUT2D eigenvalue weighted by molar-refractivity contribution is 6.44. The fourth-order valence-corrected chi connectivity index (χ4v) is 2.25. The van der Waals surface area contributed by atoms with E-state index < -0.39 is 5.91 Å². The van der Waals surface area contributed by atoms with Gasteiger partial charge in [-0.2, -0.15) is 0 Å². The third kappa shape index (κ3) is 3.37. The van der Waals surface area contributed by atoms with Crippen LogP contribution in [0.15, 0.2) is 35.3 Å². The van der Waals surface area contributed by atoms with Crippen molar-refractivity contribution in [3.8, 4) is 0 Å². The van der Waals surface area contributed by atoms with Crippen LogP contribution in [0.3, 0.4) is 0 Å². The summed E-state index contributed by atoms with van der Waals surface area (Å²) in [6.07, 6.45) is 1.56. The van der Waals surface area contributed by atoms with Gasteiger partial charge in [0.2, 0.25) is 0 Å². The van der Waals surface area contributed by atoms with Gasteiger partial charge >= 0.3 is 0 Å². The fraction of sp³-hybridized carbons (Fsp3) is 0.143. The van der Waals surface area contributed by atoms with Gasteiger partial charge < -0.3 is 15.6 Å². The number of hydrogen-bond acceptors (Lipinski definition) is 3. The number of anilines is 2. The van der Waals surface area contributed by atoms with Crippen LogP contribution < -0.4 is 16.6 Å². The Hall–Kier alpha value is -1.98. The number of aromatic nitrogens is 1. The van der Waals surface area contributed by atoms with Gasteiger partial charge in [-0.25, -0.2) is 0 Å². The average molecular weight is 326 g/mol. The first kappa shape index (κ1) is 15.4. The minimum absolute atomic E-state index is 0.132. The van der Waals surface area contributed by atoms with E-state index in [9.17, 15) is 9.59 Å². The molecule has 0 unspecified atom stereocenters. The van der Waals surface area contributed by atoms with Crippen LogP contribution in [-0.2, 0) is 6.54 Å². The summed E-state index contributed by atoms with van der Waals surface area (Å²) >= 11 is 11.9. The van der Waals surface area contributed by atoms with Gasteiger partial charge in [-0.05, 0) is 25.1 Å². The van der Waals surface area contributed by atoms with E-state index in [1.54, 1.807) is 6.20 Å². The second kappa shape index (κ2) is 6.20. The Morgan fingerprint density at radius 3 is 2.71 bits per heavy atom. The first-order valence-electron chi connectivity index (χ1n) is 6.18. The SMILES string of the molecule is CCn1cc(NC(=O)c2cc(N)cc(Cl)c2Cl)ccc1=O. The zero-order valence-corrected chi connectivity index (χ0v) is 12.7. The van der Waals surface area contributed by atoms with Crippen LogP contribution in [0, 0.1) is 0 Å². The van der Waals surface area contributed by atoms with E-state index in [1.807, 2.05) is 6.92 Å². The molecule has 0 radical (unpaired) electrons. The number of nitrogens with two attached hydrogens (primary N) is 1. The van der Waals surface area contributed by atoms with E-state index in [2.05, 4.69) is 5.32 Å². The van der Waals surface area contributed by atoms with Crippen molar-refractivity contribution in [3.05, 3.63) is 56.4 Å². The molecule has 1 aromatic carbocycles. The highest BCUT2D eigenvalue weighted by atomic mass is 35.5. The molecule has 1 aromatic heterocycles. The van der Waals surface area contributed by atoms with E-state index in [4.69, 9.17) is 28.9 Å². The molecule has 5 nitrogen and oxygen atoms in total. The number of rotatable bonds is 3. The van der Waals surface area contributed by atoms with Gasteiger partial charge in [-0.3, -0.25) is 9.59 Å². The molecule has 0 saturated carbocycles. The molecule has 21 heavy (non-hydrogen) atoms. The summed E-state index contributed by atoms with van der Waals surface area (Å²) in [4.78, 5) is 23.7. The minimum Gasteiger partial charge on any atom is -0.399 e. The maximum Gasteiger partial charge on any atom is 0.257 e. The summed E-state index contributed by atoms with van der Waals surface area (Å²) in [5.74, 6) is -0.449. The lowest BCUT2D eigenvalue weighted by Gasteiger charge is -2.10. The topological polar surface area (TPSA) is 77.1 Å². The molecule has 0 aliphatic carbocycles. The van der Waals surface area contributed by atoms with Gasteiger partial charge in [0.15, 0.2) is 0 Å². The zero-order valence-electron chi connectivity index (χ0n) is 11.2. The van der Waals surface area contributed by atoms with Crippen molar-refractivity contribution in [2.75, 3.05) is 11.1 Å². The van der Waals surface area contributed by atoms with Gasteiger partial charge in [0.1, 0.15) is 0 Å². The highest BCUT2D eigenvalue weighted by Crippen LogP contribution is 2.29. The number of amides is 1. The van der Waals surface area contributed by atoms with Crippen LogP contribution in [-0.4, -0.2) is 10.5 Å². The molecule has 3 N–H and O–H groups in total. The normalized spacial score (nSPS) is 10.4. The Bertz CT molecular complexity index is 756. The van der Waals surface area contributed by atoms with Crippen molar-refractivity contribution in [3.63, 3.8) is 0 Å². The van der Waals surface area contributed by atoms with Gasteiger partial charge in [0.25, 0.3) is 11.5 Å². The number of pyridine rings is 1. The van der Waals surface area contributed by atoms with Crippen LogP contribution in [0.2, 0.25) is 10.0 Å². The summed E-state index contributed by atoms with van der Waals surface area (Å²) in [6.45, 7) is 2.34. The monoisotopic (exact) mass is 325 g/mol. The zero-order chi connectivity index (χ0) is 15.6. The summed E-state index contributed by atoms with van der Waals surface area (Å²) in [5.41, 5.74) is 6.52. The number of halogens is 2. The molecule has 0 bridgehead atoms. The fourth-order valence-electron chi connectivity index (χ4n) is 1.83. The van der Waals surface area contributed by atoms with Crippen molar-refractivity contribution >= 4 is 40.5 Å². The number of carbonyl (C=O) groups is 1. The molecule has 2 rings (SSSR count). The third-order valence-electron chi connectivity index (χ3n) is 2.88. The number of aryl methyl sites for hydroxylation is 1. The lowest BCUT2D eigenvalue weighted by molar-refractivity contribution is 0.102. The summed E-state index contributed by atoms with van der Waals surface area (Å²) in [6, 6.07) is 5.82. The number of hydrogen-bond donors (Lipinski definition) is 2. The Morgan fingerprint density at radius 1 is 1.33 bits per heavy atom. The maximum absolute atomic E-state index is 12.2. The van der Waals surface area contributed by atoms with Crippen molar-refractivity contribution in [1.29, 1.82) is 0 Å². The van der Waals surface area contributed by atoms with Crippen molar-refractivity contribution < 1.29 is 4.79 Å². The highest BCUT2D eigenvalue weighted by Gasteiger charge is 2.14. The number of benzene rings is 1. The van der Waals surface area contributed by atoms with Crippen molar-refractivity contribution in [2.24, 2.45) is 0 Å². The van der Waals surface area contributed by atoms with Crippen molar-refractivity contribution in [1.82, 2.24) is 4.57 Å². The smallest absolute Gasteiger partial charge is 0.257 e. The first-order valence-corrected chi connectivity index (χ1v) is 6.94. The number of carbonyl (C=O) groups excluding carboxylic acids is 1. The molecule has 0 saturated heterocycles. The Morgan fingerprint density at radius 2 is 2.05 bits per heavy atom. The van der Waals surface area contributed by atoms with E-state index in [-0.39, 0.29) is 21.2 Å². The summed E-state index contributed by atoms with van der Waals surface area (Å²) in [7, 11) is 0. The predicted molar refractivity (Wildman–Crippen MR) is 85.2 cm³/mol. The minimum atomic E-state index is -0.449. The van der Waals surface area contributed by atoms with Gasteiger partial charge in [-0.1, -0.05) is 23.2 Å². The average Bonchev–Trinajstić information content (AvgIpc) is 2.44. The lowest BCUT2D eigenvalue weighted by atomic mass is 10.2. The largest absolute Gasteiger partial charge is 0.399 e. The van der Waals surface area contributed by atoms with Gasteiger partial charge in [0.05, 0.1) is 21.3 Å². The van der Waals surface area contributed by atoms with Crippen molar-refractivity contribution in [2.45, 2.75) is 13.5 Å². The number of nitrogens with one attached hydrogen (secondary N) is 1. The molecular formula is C14H13Cl2N3O2. The van der Waals surface area contributed by atoms with Gasteiger partial charge in [-0.15, -0.1) is 0 Å². The maximum atomic E-state index is 12.2. The second-order valence-electron chi connectivity index (χ2n) is 4.36. The molecule has 0 spiro atoms. The Kier molecular flexibility index (Phi) is 4.55. The van der Waals surface area contributed by atoms with Crippen LogP contribution in [0.25, 0.3) is 0 Å². The van der Waals surface area contributed by atoms with Crippen LogP contribution in [0.4, 0.5) is 11.4 Å².